The molecule has 110 valence electrons. The zero-order valence-electron chi connectivity index (χ0n) is 12.5. The number of aromatic nitrogens is 2. The van der Waals surface area contributed by atoms with Gasteiger partial charge in [-0.05, 0) is 50.5 Å². The van der Waals surface area contributed by atoms with Crippen molar-refractivity contribution in [3.8, 4) is 0 Å². The number of hydrogen-bond donors (Lipinski definition) is 2. The van der Waals surface area contributed by atoms with E-state index in [0.29, 0.717) is 11.5 Å². The average molecular weight is 286 g/mol. The Balaban J connectivity index is 1.96. The summed E-state index contributed by atoms with van der Waals surface area (Å²) in [6.07, 6.45) is 2.31. The van der Waals surface area contributed by atoms with E-state index in [4.69, 9.17) is 0 Å². The maximum atomic E-state index is 13.4. The van der Waals surface area contributed by atoms with Crippen LogP contribution in [-0.2, 0) is 0 Å². The summed E-state index contributed by atoms with van der Waals surface area (Å²) in [5.41, 5.74) is 2.41. The molecule has 1 saturated carbocycles. The van der Waals surface area contributed by atoms with Gasteiger partial charge >= 0.3 is 0 Å². The number of benzene rings is 1. The van der Waals surface area contributed by atoms with Crippen LogP contribution in [0.1, 0.15) is 35.7 Å². The van der Waals surface area contributed by atoms with Crippen LogP contribution < -0.4 is 10.6 Å². The van der Waals surface area contributed by atoms with Gasteiger partial charge in [-0.1, -0.05) is 0 Å². The third kappa shape index (κ3) is 2.82. The average Bonchev–Trinajstić information content (AvgIpc) is 3.29. The van der Waals surface area contributed by atoms with Gasteiger partial charge in [0.05, 0.1) is 0 Å². The van der Waals surface area contributed by atoms with Crippen molar-refractivity contribution in [2.45, 2.75) is 32.6 Å². The molecule has 1 heterocycles. The zero-order chi connectivity index (χ0) is 15.0. The highest BCUT2D eigenvalue weighted by Gasteiger charge is 2.28. The number of aryl methyl sites for hydroxylation is 1. The minimum Gasteiger partial charge on any atom is -0.373 e. The Kier molecular flexibility index (Phi) is 3.49. The molecule has 0 atom stereocenters. The maximum Gasteiger partial charge on any atom is 0.139 e. The third-order valence-corrected chi connectivity index (χ3v) is 3.76. The van der Waals surface area contributed by atoms with E-state index in [2.05, 4.69) is 20.6 Å². The predicted octanol–water partition coefficient (Wildman–Crippen LogP) is 3.90. The van der Waals surface area contributed by atoms with Crippen LogP contribution in [0.2, 0.25) is 0 Å². The van der Waals surface area contributed by atoms with Crippen LogP contribution in [0.3, 0.4) is 0 Å². The van der Waals surface area contributed by atoms with Crippen LogP contribution in [-0.4, -0.2) is 17.0 Å². The molecule has 1 fully saturated rings. The summed E-state index contributed by atoms with van der Waals surface area (Å²) in [6.45, 7) is 3.73. The summed E-state index contributed by atoms with van der Waals surface area (Å²) in [5, 5.41) is 6.39. The lowest BCUT2D eigenvalue weighted by Crippen LogP contribution is -2.07. The highest BCUT2D eigenvalue weighted by Crippen LogP contribution is 2.39. The highest BCUT2D eigenvalue weighted by molar-refractivity contribution is 5.65. The van der Waals surface area contributed by atoms with E-state index >= 15 is 0 Å². The van der Waals surface area contributed by atoms with Gasteiger partial charge in [0.15, 0.2) is 0 Å². The molecule has 0 amide bonds. The second-order valence-electron chi connectivity index (χ2n) is 5.52. The maximum absolute atomic E-state index is 13.4. The molecule has 2 N–H and O–H groups in total. The fourth-order valence-corrected chi connectivity index (χ4v) is 2.28. The van der Waals surface area contributed by atoms with Crippen LogP contribution in [0.4, 0.5) is 21.7 Å². The molecule has 0 saturated heterocycles. The van der Waals surface area contributed by atoms with E-state index in [0.717, 1.165) is 41.6 Å². The molecule has 1 aliphatic carbocycles. The third-order valence-electron chi connectivity index (χ3n) is 3.76. The van der Waals surface area contributed by atoms with Crippen LogP contribution >= 0.6 is 0 Å². The van der Waals surface area contributed by atoms with Crippen molar-refractivity contribution < 1.29 is 4.39 Å². The molecule has 21 heavy (non-hydrogen) atoms. The molecular weight excluding hydrogens is 267 g/mol. The summed E-state index contributed by atoms with van der Waals surface area (Å²) in [6, 6.07) is 4.97. The molecule has 0 bridgehead atoms. The van der Waals surface area contributed by atoms with Crippen molar-refractivity contribution in [3.05, 3.63) is 41.0 Å². The summed E-state index contributed by atoms with van der Waals surface area (Å²) in [5.74, 6) is 2.78. The van der Waals surface area contributed by atoms with Crippen molar-refractivity contribution in [2.24, 2.45) is 0 Å². The van der Waals surface area contributed by atoms with Crippen LogP contribution in [0.15, 0.2) is 18.2 Å². The first-order valence-electron chi connectivity index (χ1n) is 7.18. The van der Waals surface area contributed by atoms with Crippen molar-refractivity contribution in [3.63, 3.8) is 0 Å². The molecular formula is C16H19FN4. The molecule has 0 radical (unpaired) electrons. The normalized spacial score (nSPS) is 14.1. The van der Waals surface area contributed by atoms with Crippen molar-refractivity contribution >= 4 is 17.3 Å². The first-order valence-corrected chi connectivity index (χ1v) is 7.18. The quantitative estimate of drug-likeness (QED) is 0.895. The lowest BCUT2D eigenvalue weighted by atomic mass is 10.2. The number of nitrogens with zero attached hydrogens (tertiary/aromatic N) is 2. The molecule has 1 aromatic carbocycles. The van der Waals surface area contributed by atoms with E-state index in [-0.39, 0.29) is 5.82 Å². The Morgan fingerprint density at radius 2 is 1.86 bits per heavy atom. The molecule has 1 aromatic heterocycles. The first-order chi connectivity index (χ1) is 10.1. The van der Waals surface area contributed by atoms with Crippen molar-refractivity contribution in [1.29, 1.82) is 0 Å². The Morgan fingerprint density at radius 1 is 1.14 bits per heavy atom. The van der Waals surface area contributed by atoms with Gasteiger partial charge in [0, 0.05) is 24.2 Å². The molecule has 5 heteroatoms. The number of nitrogens with one attached hydrogen (secondary N) is 2. The topological polar surface area (TPSA) is 49.8 Å². The van der Waals surface area contributed by atoms with E-state index in [1.54, 1.807) is 19.1 Å². The van der Waals surface area contributed by atoms with Gasteiger partial charge in [-0.3, -0.25) is 0 Å². The molecule has 0 unspecified atom stereocenters. The van der Waals surface area contributed by atoms with Gasteiger partial charge in [0.25, 0.3) is 0 Å². The van der Waals surface area contributed by atoms with Crippen LogP contribution in [0, 0.1) is 19.7 Å². The minimum absolute atomic E-state index is 0.199. The highest BCUT2D eigenvalue weighted by atomic mass is 19.1. The van der Waals surface area contributed by atoms with Gasteiger partial charge in [-0.2, -0.15) is 0 Å². The minimum atomic E-state index is -0.199. The Bertz CT molecular complexity index is 680. The number of rotatable bonds is 4. The van der Waals surface area contributed by atoms with E-state index < -0.39 is 0 Å². The predicted molar refractivity (Wildman–Crippen MR) is 82.7 cm³/mol. The Hall–Kier alpha value is -2.17. The molecule has 0 aliphatic heterocycles. The molecule has 1 aliphatic rings. The fraction of sp³-hybridized carbons (Fsp3) is 0.375. The van der Waals surface area contributed by atoms with Gasteiger partial charge in [-0.25, -0.2) is 14.4 Å². The molecule has 0 spiro atoms. The van der Waals surface area contributed by atoms with Gasteiger partial charge in [0.1, 0.15) is 23.3 Å². The first kappa shape index (κ1) is 13.8. The SMILES string of the molecule is CNc1nc(C2CC2)nc(Nc2ccc(F)c(C)c2)c1C. The second-order valence-corrected chi connectivity index (χ2v) is 5.52. The second kappa shape index (κ2) is 5.31. The van der Waals surface area contributed by atoms with Crippen LogP contribution in [0.25, 0.3) is 0 Å². The number of hydrogen-bond acceptors (Lipinski definition) is 4. The summed E-state index contributed by atoms with van der Waals surface area (Å²) >= 11 is 0. The largest absolute Gasteiger partial charge is 0.373 e. The van der Waals surface area contributed by atoms with Gasteiger partial charge in [0.2, 0.25) is 0 Å². The van der Waals surface area contributed by atoms with Crippen molar-refractivity contribution in [2.75, 3.05) is 17.7 Å². The monoisotopic (exact) mass is 286 g/mol. The Labute approximate surface area is 123 Å². The lowest BCUT2D eigenvalue weighted by Gasteiger charge is -2.14. The number of anilines is 3. The fourth-order valence-electron chi connectivity index (χ4n) is 2.28. The summed E-state index contributed by atoms with van der Waals surface area (Å²) < 4.78 is 13.4. The standard InChI is InChI=1S/C16H19FN4/c1-9-8-12(6-7-13(9)17)19-15-10(2)14(18-3)20-16(21-15)11-4-5-11/h6-8,11H,4-5H2,1-3H3,(H2,18,19,20,21). The summed E-state index contributed by atoms with van der Waals surface area (Å²) in [4.78, 5) is 9.20. The molecule has 4 nitrogen and oxygen atoms in total. The van der Waals surface area contributed by atoms with Crippen LogP contribution in [0.5, 0.6) is 0 Å². The van der Waals surface area contributed by atoms with Gasteiger partial charge < -0.3 is 10.6 Å². The number of halogens is 1. The molecule has 3 rings (SSSR count). The van der Waals surface area contributed by atoms with E-state index in [1.807, 2.05) is 14.0 Å². The van der Waals surface area contributed by atoms with E-state index in [9.17, 15) is 4.39 Å². The van der Waals surface area contributed by atoms with Gasteiger partial charge in [-0.15, -0.1) is 0 Å². The lowest BCUT2D eigenvalue weighted by molar-refractivity contribution is 0.619. The molecule has 2 aromatic rings. The smallest absolute Gasteiger partial charge is 0.139 e. The van der Waals surface area contributed by atoms with E-state index in [1.165, 1.54) is 6.07 Å². The van der Waals surface area contributed by atoms with Crippen molar-refractivity contribution in [1.82, 2.24) is 9.97 Å². The Morgan fingerprint density at radius 3 is 2.48 bits per heavy atom. The zero-order valence-corrected chi connectivity index (χ0v) is 12.5. The summed E-state index contributed by atoms with van der Waals surface area (Å²) in [7, 11) is 1.86.